The van der Waals surface area contributed by atoms with Crippen molar-refractivity contribution in [3.8, 4) is 0 Å². The van der Waals surface area contributed by atoms with Crippen molar-refractivity contribution in [1.29, 1.82) is 0 Å². The smallest absolute Gasteiger partial charge is 0.345 e. The molecule has 0 aliphatic carbocycles. The van der Waals surface area contributed by atoms with Crippen molar-refractivity contribution in [2.75, 3.05) is 13.1 Å². The zero-order valence-electron chi connectivity index (χ0n) is 9.66. The summed E-state index contributed by atoms with van der Waals surface area (Å²) in [7, 11) is 0. The molecule has 8 heteroatoms. The van der Waals surface area contributed by atoms with Crippen molar-refractivity contribution in [2.45, 2.75) is 6.18 Å². The summed E-state index contributed by atoms with van der Waals surface area (Å²) in [5.74, 6) is -1.44. The summed E-state index contributed by atoms with van der Waals surface area (Å²) < 4.78 is 35.3. The zero-order chi connectivity index (χ0) is 14.3. The predicted octanol–water partition coefficient (Wildman–Crippen LogP) is 1.56. The number of carbonyl (C=O) groups excluding carboxylic acids is 2. The van der Waals surface area contributed by atoms with Gasteiger partial charge in [0.15, 0.2) is 0 Å². The third-order valence-electron chi connectivity index (χ3n) is 1.85. The largest absolute Gasteiger partial charge is 0.405 e. The summed E-state index contributed by atoms with van der Waals surface area (Å²) in [5, 5.41) is 5.66. The molecule has 0 bridgehead atoms. The number of carbonyl (C=O) groups is 2. The minimum atomic E-state index is -4.46. The summed E-state index contributed by atoms with van der Waals surface area (Å²) in [6.07, 6.45) is -1.70. The molecule has 1 aromatic rings. The molecular formula is C11H11F3N2O2S. The van der Waals surface area contributed by atoms with Crippen LogP contribution in [0.5, 0.6) is 0 Å². The second kappa shape index (κ2) is 6.93. The van der Waals surface area contributed by atoms with Crippen molar-refractivity contribution in [3.63, 3.8) is 0 Å². The Balaban J connectivity index is 2.25. The van der Waals surface area contributed by atoms with Crippen LogP contribution >= 0.6 is 11.3 Å². The SMILES string of the molecule is O=C(/C=C/c1cccs1)NCC(=O)NCC(F)(F)F. The molecule has 0 saturated carbocycles. The first-order chi connectivity index (χ1) is 8.87. The molecule has 0 aliphatic rings. The van der Waals surface area contributed by atoms with Gasteiger partial charge in [-0.15, -0.1) is 11.3 Å². The van der Waals surface area contributed by atoms with Crippen LogP contribution in [0, 0.1) is 0 Å². The lowest BCUT2D eigenvalue weighted by atomic mass is 10.4. The van der Waals surface area contributed by atoms with Gasteiger partial charge < -0.3 is 10.6 Å². The number of rotatable bonds is 5. The molecule has 4 nitrogen and oxygen atoms in total. The molecule has 0 unspecified atom stereocenters. The minimum absolute atomic E-state index is 0.496. The highest BCUT2D eigenvalue weighted by atomic mass is 32.1. The highest BCUT2D eigenvalue weighted by molar-refractivity contribution is 7.10. The van der Waals surface area contributed by atoms with Crippen LogP contribution in [0.15, 0.2) is 23.6 Å². The zero-order valence-corrected chi connectivity index (χ0v) is 10.5. The molecule has 1 aromatic heterocycles. The molecule has 0 aromatic carbocycles. The van der Waals surface area contributed by atoms with Gasteiger partial charge in [-0.2, -0.15) is 13.2 Å². The number of halogens is 3. The van der Waals surface area contributed by atoms with Crippen molar-refractivity contribution in [1.82, 2.24) is 10.6 Å². The van der Waals surface area contributed by atoms with Gasteiger partial charge in [-0.1, -0.05) is 6.07 Å². The highest BCUT2D eigenvalue weighted by Gasteiger charge is 2.27. The second-order valence-electron chi connectivity index (χ2n) is 3.46. The van der Waals surface area contributed by atoms with Gasteiger partial charge in [-0.05, 0) is 17.5 Å². The molecule has 1 rings (SSSR count). The number of hydrogen-bond donors (Lipinski definition) is 2. The summed E-state index contributed by atoms with van der Waals surface area (Å²) in [6, 6.07) is 3.61. The Labute approximate surface area is 111 Å². The molecule has 2 amide bonds. The van der Waals surface area contributed by atoms with E-state index in [0.29, 0.717) is 0 Å². The van der Waals surface area contributed by atoms with Gasteiger partial charge >= 0.3 is 6.18 Å². The predicted molar refractivity (Wildman–Crippen MR) is 65.4 cm³/mol. The molecular weight excluding hydrogens is 281 g/mol. The Morgan fingerprint density at radius 3 is 2.63 bits per heavy atom. The van der Waals surface area contributed by atoms with Gasteiger partial charge in [0.2, 0.25) is 11.8 Å². The highest BCUT2D eigenvalue weighted by Crippen LogP contribution is 2.12. The first-order valence-electron chi connectivity index (χ1n) is 5.20. The Kier molecular flexibility index (Phi) is 5.56. The van der Waals surface area contributed by atoms with Gasteiger partial charge in [0.25, 0.3) is 0 Å². The molecule has 104 valence electrons. The molecule has 0 spiro atoms. The van der Waals surface area contributed by atoms with E-state index in [2.05, 4.69) is 5.32 Å². The molecule has 1 heterocycles. The van der Waals surface area contributed by atoms with Gasteiger partial charge in [0.05, 0.1) is 6.54 Å². The third-order valence-corrected chi connectivity index (χ3v) is 2.69. The lowest BCUT2D eigenvalue weighted by Gasteiger charge is -2.08. The van der Waals surface area contributed by atoms with E-state index < -0.39 is 31.1 Å². The van der Waals surface area contributed by atoms with Gasteiger partial charge in [-0.3, -0.25) is 9.59 Å². The maximum Gasteiger partial charge on any atom is 0.405 e. The van der Waals surface area contributed by atoms with Crippen LogP contribution < -0.4 is 10.6 Å². The molecule has 0 radical (unpaired) electrons. The van der Waals surface area contributed by atoms with E-state index in [1.807, 2.05) is 11.4 Å². The quantitative estimate of drug-likeness (QED) is 0.809. The van der Waals surface area contributed by atoms with Crippen LogP contribution in [-0.2, 0) is 9.59 Å². The third kappa shape index (κ3) is 7.24. The molecule has 19 heavy (non-hydrogen) atoms. The lowest BCUT2D eigenvalue weighted by Crippen LogP contribution is -2.40. The monoisotopic (exact) mass is 292 g/mol. The summed E-state index contributed by atoms with van der Waals surface area (Å²) >= 11 is 1.43. The fraction of sp³-hybridized carbons (Fsp3) is 0.273. The van der Waals surface area contributed by atoms with E-state index in [4.69, 9.17) is 0 Å². The second-order valence-corrected chi connectivity index (χ2v) is 4.44. The number of hydrogen-bond acceptors (Lipinski definition) is 3. The summed E-state index contributed by atoms with van der Waals surface area (Å²) in [6.45, 7) is -1.91. The number of nitrogens with one attached hydrogen (secondary N) is 2. The maximum absolute atomic E-state index is 11.8. The number of amides is 2. The van der Waals surface area contributed by atoms with Crippen LogP contribution in [0.2, 0.25) is 0 Å². The van der Waals surface area contributed by atoms with Crippen molar-refractivity contribution in [2.24, 2.45) is 0 Å². The molecule has 0 fully saturated rings. The Bertz CT molecular complexity index is 455. The van der Waals surface area contributed by atoms with E-state index >= 15 is 0 Å². The van der Waals surface area contributed by atoms with E-state index in [-0.39, 0.29) is 0 Å². The average molecular weight is 292 g/mol. The number of alkyl halides is 3. The fourth-order valence-electron chi connectivity index (χ4n) is 1.03. The molecule has 0 atom stereocenters. The topological polar surface area (TPSA) is 58.2 Å². The van der Waals surface area contributed by atoms with Crippen LogP contribution in [0.25, 0.3) is 6.08 Å². The molecule has 2 N–H and O–H groups in total. The van der Waals surface area contributed by atoms with E-state index in [9.17, 15) is 22.8 Å². The Morgan fingerprint density at radius 1 is 1.32 bits per heavy atom. The molecule has 0 saturated heterocycles. The summed E-state index contributed by atoms with van der Waals surface area (Å²) in [4.78, 5) is 23.1. The Morgan fingerprint density at radius 2 is 2.05 bits per heavy atom. The molecule has 0 aliphatic heterocycles. The van der Waals surface area contributed by atoms with E-state index in [1.165, 1.54) is 17.4 Å². The van der Waals surface area contributed by atoms with Gasteiger partial charge in [0, 0.05) is 11.0 Å². The fourth-order valence-corrected chi connectivity index (χ4v) is 1.65. The van der Waals surface area contributed by atoms with Crippen LogP contribution in [0.3, 0.4) is 0 Å². The standard InChI is InChI=1S/C11H11F3N2O2S/c12-11(13,14)7-16-10(18)6-15-9(17)4-3-8-2-1-5-19-8/h1-5H,6-7H2,(H,15,17)(H,16,18)/b4-3+. The first kappa shape index (κ1) is 15.2. The number of thiophene rings is 1. The average Bonchev–Trinajstić information content (AvgIpc) is 2.83. The van der Waals surface area contributed by atoms with Crippen molar-refractivity contribution in [3.05, 3.63) is 28.5 Å². The van der Waals surface area contributed by atoms with Crippen LogP contribution in [0.4, 0.5) is 13.2 Å². The van der Waals surface area contributed by atoms with E-state index in [0.717, 1.165) is 4.88 Å². The van der Waals surface area contributed by atoms with Crippen LogP contribution in [-0.4, -0.2) is 31.1 Å². The van der Waals surface area contributed by atoms with Crippen molar-refractivity contribution >= 4 is 29.2 Å². The lowest BCUT2D eigenvalue weighted by molar-refractivity contribution is -0.138. The Hall–Kier alpha value is -1.83. The van der Waals surface area contributed by atoms with E-state index in [1.54, 1.807) is 17.5 Å². The maximum atomic E-state index is 11.8. The minimum Gasteiger partial charge on any atom is -0.345 e. The first-order valence-corrected chi connectivity index (χ1v) is 6.07. The summed E-state index contributed by atoms with van der Waals surface area (Å²) in [5.41, 5.74) is 0. The van der Waals surface area contributed by atoms with Gasteiger partial charge in [0.1, 0.15) is 6.54 Å². The van der Waals surface area contributed by atoms with Crippen LogP contribution in [0.1, 0.15) is 4.88 Å². The van der Waals surface area contributed by atoms with Gasteiger partial charge in [-0.25, -0.2) is 0 Å². The van der Waals surface area contributed by atoms with Crippen molar-refractivity contribution < 1.29 is 22.8 Å². The normalized spacial score (nSPS) is 11.5.